The number of halogens is 1. The van der Waals surface area contributed by atoms with Crippen molar-refractivity contribution in [1.82, 2.24) is 10.6 Å². The quantitative estimate of drug-likeness (QED) is 0.744. The Bertz CT molecular complexity index is 573. The predicted octanol–water partition coefficient (Wildman–Crippen LogP) is 2.54. The first kappa shape index (κ1) is 18.0. The molecule has 1 unspecified atom stereocenters. The van der Waals surface area contributed by atoms with Gasteiger partial charge in [-0.25, -0.2) is 9.18 Å². The number of carboxylic acids is 1. The molecule has 1 aromatic carbocycles. The van der Waals surface area contributed by atoms with Gasteiger partial charge in [0.2, 0.25) is 0 Å². The van der Waals surface area contributed by atoms with Crippen molar-refractivity contribution in [3.8, 4) is 5.75 Å². The molecule has 7 heteroatoms. The Hall–Kier alpha value is -2.31. The average molecular weight is 338 g/mol. The van der Waals surface area contributed by atoms with Crippen molar-refractivity contribution in [1.29, 1.82) is 0 Å². The average Bonchev–Trinajstić information content (AvgIpc) is 2.55. The smallest absolute Gasteiger partial charge is 0.315 e. The zero-order valence-electron chi connectivity index (χ0n) is 13.6. The number of benzene rings is 1. The molecule has 0 aliphatic heterocycles. The maximum Gasteiger partial charge on any atom is 0.315 e. The van der Waals surface area contributed by atoms with Crippen molar-refractivity contribution in [3.63, 3.8) is 0 Å². The van der Waals surface area contributed by atoms with Crippen molar-refractivity contribution >= 4 is 12.0 Å². The van der Waals surface area contributed by atoms with Gasteiger partial charge in [0.05, 0.1) is 12.5 Å². The van der Waals surface area contributed by atoms with E-state index in [-0.39, 0.29) is 36.4 Å². The molecule has 0 radical (unpaired) electrons. The first-order valence-corrected chi connectivity index (χ1v) is 8.14. The molecule has 6 nitrogen and oxygen atoms in total. The van der Waals surface area contributed by atoms with E-state index in [2.05, 4.69) is 10.6 Å². The Kier molecular flexibility index (Phi) is 6.40. The van der Waals surface area contributed by atoms with E-state index in [9.17, 15) is 14.0 Å². The highest BCUT2D eigenvalue weighted by molar-refractivity contribution is 5.74. The van der Waals surface area contributed by atoms with Crippen LogP contribution >= 0.6 is 0 Å². The number of carboxylic acid groups (broad SMARTS) is 1. The van der Waals surface area contributed by atoms with E-state index in [4.69, 9.17) is 9.84 Å². The van der Waals surface area contributed by atoms with Crippen LogP contribution in [0.2, 0.25) is 0 Å². The van der Waals surface area contributed by atoms with Crippen molar-refractivity contribution in [2.45, 2.75) is 44.8 Å². The third-order valence-corrected chi connectivity index (χ3v) is 4.13. The van der Waals surface area contributed by atoms with Crippen LogP contribution in [0, 0.1) is 11.7 Å². The maximum absolute atomic E-state index is 13.5. The molecule has 0 heterocycles. The maximum atomic E-state index is 13.5. The fourth-order valence-electron chi connectivity index (χ4n) is 2.76. The highest BCUT2D eigenvalue weighted by Gasteiger charge is 2.26. The molecule has 132 valence electrons. The van der Waals surface area contributed by atoms with Gasteiger partial charge in [0.15, 0.2) is 11.6 Å². The molecule has 24 heavy (non-hydrogen) atoms. The van der Waals surface area contributed by atoms with Gasteiger partial charge in [0.1, 0.15) is 6.10 Å². The summed E-state index contributed by atoms with van der Waals surface area (Å²) in [4.78, 5) is 22.8. The van der Waals surface area contributed by atoms with Gasteiger partial charge < -0.3 is 20.5 Å². The summed E-state index contributed by atoms with van der Waals surface area (Å²) in [6, 6.07) is 5.78. The molecule has 3 N–H and O–H groups in total. The van der Waals surface area contributed by atoms with E-state index in [1.165, 1.54) is 12.1 Å². The Balaban J connectivity index is 1.68. The third kappa shape index (κ3) is 5.40. The molecular formula is C17H23FN2O4. The summed E-state index contributed by atoms with van der Waals surface area (Å²) in [5, 5.41) is 14.5. The topological polar surface area (TPSA) is 87.7 Å². The second kappa shape index (κ2) is 8.52. The molecule has 1 aliphatic carbocycles. The van der Waals surface area contributed by atoms with Gasteiger partial charge in [-0.1, -0.05) is 12.1 Å². The molecule has 1 saturated carbocycles. The number of aliphatic carboxylic acids is 1. The number of nitrogens with one attached hydrogen (secondary N) is 2. The minimum atomic E-state index is -0.767. The van der Waals surface area contributed by atoms with Crippen molar-refractivity contribution in [3.05, 3.63) is 30.1 Å². The molecule has 2 rings (SSSR count). The zero-order valence-corrected chi connectivity index (χ0v) is 13.6. The number of para-hydroxylation sites is 1. The lowest BCUT2D eigenvalue weighted by atomic mass is 9.86. The van der Waals surface area contributed by atoms with Crippen LogP contribution in [0.25, 0.3) is 0 Å². The van der Waals surface area contributed by atoms with Crippen molar-refractivity contribution in [2.75, 3.05) is 6.54 Å². The minimum Gasteiger partial charge on any atom is -0.486 e. The van der Waals surface area contributed by atoms with Crippen LogP contribution in [0.5, 0.6) is 5.75 Å². The SMILES string of the molecule is CC(CNC(=O)NC1CCC(C(=O)O)CC1)Oc1ccccc1F. The lowest BCUT2D eigenvalue weighted by Crippen LogP contribution is -2.46. The number of amides is 2. The second-order valence-corrected chi connectivity index (χ2v) is 6.10. The van der Waals surface area contributed by atoms with Crippen LogP contribution < -0.4 is 15.4 Å². The summed E-state index contributed by atoms with van der Waals surface area (Å²) in [5.41, 5.74) is 0. The Morgan fingerprint density at radius 1 is 1.29 bits per heavy atom. The van der Waals surface area contributed by atoms with Gasteiger partial charge in [-0.3, -0.25) is 4.79 Å². The first-order valence-electron chi connectivity index (χ1n) is 8.14. The third-order valence-electron chi connectivity index (χ3n) is 4.13. The Morgan fingerprint density at radius 2 is 1.96 bits per heavy atom. The molecule has 1 fully saturated rings. The number of urea groups is 1. The van der Waals surface area contributed by atoms with Crippen molar-refractivity contribution in [2.24, 2.45) is 5.92 Å². The van der Waals surface area contributed by atoms with Crippen LogP contribution in [-0.4, -0.2) is 35.8 Å². The van der Waals surface area contributed by atoms with E-state index in [1.807, 2.05) is 0 Å². The number of carbonyl (C=O) groups excluding carboxylic acids is 1. The van der Waals surface area contributed by atoms with Gasteiger partial charge >= 0.3 is 12.0 Å². The monoisotopic (exact) mass is 338 g/mol. The molecule has 1 aliphatic rings. The molecule has 0 saturated heterocycles. The standard InChI is InChI=1S/C17H23FN2O4/c1-11(24-15-5-3-2-4-14(15)18)10-19-17(23)20-13-8-6-12(7-9-13)16(21)22/h2-5,11-13H,6-10H2,1H3,(H,21,22)(H2,19,20,23). The number of hydrogen-bond donors (Lipinski definition) is 3. The van der Waals surface area contributed by atoms with Crippen LogP contribution in [0.4, 0.5) is 9.18 Å². The first-order chi connectivity index (χ1) is 11.5. The summed E-state index contributed by atoms with van der Waals surface area (Å²) < 4.78 is 18.9. The Morgan fingerprint density at radius 3 is 2.58 bits per heavy atom. The molecule has 1 atom stereocenters. The minimum absolute atomic E-state index is 0.0107. The summed E-state index contributed by atoms with van der Waals surface area (Å²) in [6.45, 7) is 1.98. The number of carbonyl (C=O) groups is 2. The van der Waals surface area contributed by atoms with E-state index in [0.29, 0.717) is 25.7 Å². The molecule has 0 aromatic heterocycles. The fraction of sp³-hybridized carbons (Fsp3) is 0.529. The van der Waals surface area contributed by atoms with Gasteiger partial charge in [0, 0.05) is 6.04 Å². The second-order valence-electron chi connectivity index (χ2n) is 6.10. The number of hydrogen-bond acceptors (Lipinski definition) is 3. The summed E-state index contributed by atoms with van der Waals surface area (Å²) in [7, 11) is 0. The van der Waals surface area contributed by atoms with Gasteiger partial charge in [-0.2, -0.15) is 0 Å². The largest absolute Gasteiger partial charge is 0.486 e. The summed E-state index contributed by atoms with van der Waals surface area (Å²) in [5.74, 6) is -1.36. The normalized spacial score (nSPS) is 21.6. The van der Waals surface area contributed by atoms with E-state index in [1.54, 1.807) is 19.1 Å². The molecule has 0 spiro atoms. The van der Waals surface area contributed by atoms with Crippen LogP contribution in [0.1, 0.15) is 32.6 Å². The van der Waals surface area contributed by atoms with Crippen LogP contribution in [0.3, 0.4) is 0 Å². The zero-order chi connectivity index (χ0) is 17.5. The highest BCUT2D eigenvalue weighted by Crippen LogP contribution is 2.24. The van der Waals surface area contributed by atoms with Crippen LogP contribution in [0.15, 0.2) is 24.3 Å². The molecule has 1 aromatic rings. The van der Waals surface area contributed by atoms with Gasteiger partial charge in [0.25, 0.3) is 0 Å². The van der Waals surface area contributed by atoms with E-state index in [0.717, 1.165) is 0 Å². The van der Waals surface area contributed by atoms with Crippen LogP contribution in [-0.2, 0) is 4.79 Å². The van der Waals surface area contributed by atoms with E-state index >= 15 is 0 Å². The predicted molar refractivity (Wildman–Crippen MR) is 86.4 cm³/mol. The van der Waals surface area contributed by atoms with Gasteiger partial charge in [-0.05, 0) is 44.7 Å². The molecular weight excluding hydrogens is 315 g/mol. The van der Waals surface area contributed by atoms with Crippen molar-refractivity contribution < 1.29 is 23.8 Å². The lowest BCUT2D eigenvalue weighted by molar-refractivity contribution is -0.142. The molecule has 2 amide bonds. The lowest BCUT2D eigenvalue weighted by Gasteiger charge is -2.27. The summed E-state index contributed by atoms with van der Waals surface area (Å²) >= 11 is 0. The van der Waals surface area contributed by atoms with Gasteiger partial charge in [-0.15, -0.1) is 0 Å². The number of rotatable bonds is 6. The molecule has 0 bridgehead atoms. The Labute approximate surface area is 140 Å². The summed E-state index contributed by atoms with van der Waals surface area (Å²) in [6.07, 6.45) is 2.09. The van der Waals surface area contributed by atoms with E-state index < -0.39 is 11.8 Å². The highest BCUT2D eigenvalue weighted by atomic mass is 19.1. The number of ether oxygens (including phenoxy) is 1. The fourth-order valence-corrected chi connectivity index (χ4v) is 2.76.